The summed E-state index contributed by atoms with van der Waals surface area (Å²) in [5, 5.41) is 9.37. The molecule has 0 unspecified atom stereocenters. The van der Waals surface area contributed by atoms with Crippen LogP contribution in [0.1, 0.15) is 30.4 Å². The molecule has 3 nitrogen and oxygen atoms in total. The first kappa shape index (κ1) is 13.3. The van der Waals surface area contributed by atoms with Gasteiger partial charge in [-0.2, -0.15) is 0 Å². The zero-order valence-corrected chi connectivity index (χ0v) is 11.8. The van der Waals surface area contributed by atoms with E-state index in [9.17, 15) is 14.3 Å². The minimum Gasteiger partial charge on any atom is -0.492 e. The smallest absolute Gasteiger partial charge is 0.314 e. The van der Waals surface area contributed by atoms with Crippen molar-refractivity contribution >= 4 is 21.9 Å². The Labute approximate surface area is 113 Å². The molecule has 1 aliphatic rings. The summed E-state index contributed by atoms with van der Waals surface area (Å²) in [6.45, 7) is 1.80. The molecule has 0 radical (unpaired) electrons. The molecule has 0 saturated heterocycles. The van der Waals surface area contributed by atoms with Crippen LogP contribution in [0.4, 0.5) is 4.39 Å². The zero-order valence-electron chi connectivity index (χ0n) is 10.2. The van der Waals surface area contributed by atoms with Crippen LogP contribution in [0.15, 0.2) is 10.5 Å². The number of methoxy groups -OCH3 is 1. The number of ether oxygens (including phenoxy) is 1. The average Bonchev–Trinajstić information content (AvgIpc) is 2.24. The number of halogens is 2. The van der Waals surface area contributed by atoms with Crippen molar-refractivity contribution in [1.82, 2.24) is 0 Å². The first-order valence-corrected chi connectivity index (χ1v) is 6.50. The van der Waals surface area contributed by atoms with Gasteiger partial charge in [0.05, 0.1) is 17.0 Å². The SMILES string of the molecule is COc1c(F)c(C2(C(=O)O)CCC2)cc(C)c1Br. The van der Waals surface area contributed by atoms with E-state index in [4.69, 9.17) is 4.74 Å². The van der Waals surface area contributed by atoms with Crippen molar-refractivity contribution < 1.29 is 19.0 Å². The molecule has 1 aromatic carbocycles. The van der Waals surface area contributed by atoms with Gasteiger partial charge in [-0.3, -0.25) is 4.79 Å². The Morgan fingerprint density at radius 1 is 1.56 bits per heavy atom. The average molecular weight is 317 g/mol. The van der Waals surface area contributed by atoms with Crippen LogP contribution in [0.2, 0.25) is 0 Å². The summed E-state index contributed by atoms with van der Waals surface area (Å²) >= 11 is 3.26. The maximum Gasteiger partial charge on any atom is 0.314 e. The van der Waals surface area contributed by atoms with Gasteiger partial charge in [0, 0.05) is 5.56 Å². The second-order valence-corrected chi connectivity index (χ2v) is 5.44. The molecular formula is C13H14BrFO3. The van der Waals surface area contributed by atoms with Gasteiger partial charge in [0.25, 0.3) is 0 Å². The van der Waals surface area contributed by atoms with Crippen LogP contribution >= 0.6 is 15.9 Å². The van der Waals surface area contributed by atoms with E-state index in [1.54, 1.807) is 13.0 Å². The predicted octanol–water partition coefficient (Wildman–Crippen LogP) is 3.41. The number of hydrogen-bond acceptors (Lipinski definition) is 2. The van der Waals surface area contributed by atoms with Gasteiger partial charge in [-0.15, -0.1) is 0 Å². The minimum atomic E-state index is -1.08. The van der Waals surface area contributed by atoms with E-state index in [-0.39, 0.29) is 11.3 Å². The lowest BCUT2D eigenvalue weighted by atomic mass is 9.64. The Morgan fingerprint density at radius 3 is 2.56 bits per heavy atom. The van der Waals surface area contributed by atoms with Crippen LogP contribution in [-0.2, 0) is 10.2 Å². The standard InChI is InChI=1S/C13H14BrFO3/c1-7-6-8(10(15)11(18-2)9(7)14)13(12(16)17)4-3-5-13/h6H,3-5H2,1-2H3,(H,16,17). The molecule has 1 fully saturated rings. The Morgan fingerprint density at radius 2 is 2.17 bits per heavy atom. The third-order valence-electron chi connectivity index (χ3n) is 3.68. The highest BCUT2D eigenvalue weighted by atomic mass is 79.9. The fourth-order valence-corrected chi connectivity index (χ4v) is 2.85. The quantitative estimate of drug-likeness (QED) is 0.929. The largest absolute Gasteiger partial charge is 0.492 e. The van der Waals surface area contributed by atoms with Crippen molar-refractivity contribution in [3.63, 3.8) is 0 Å². The molecule has 1 aliphatic carbocycles. The van der Waals surface area contributed by atoms with Gasteiger partial charge in [-0.25, -0.2) is 4.39 Å². The fourth-order valence-electron chi connectivity index (χ4n) is 2.40. The lowest BCUT2D eigenvalue weighted by Crippen LogP contribution is -2.43. The number of aliphatic carboxylic acids is 1. The van der Waals surface area contributed by atoms with Crippen molar-refractivity contribution in [3.8, 4) is 5.75 Å². The summed E-state index contributed by atoms with van der Waals surface area (Å²) in [6.07, 6.45) is 1.76. The van der Waals surface area contributed by atoms with E-state index in [0.717, 1.165) is 12.0 Å². The summed E-state index contributed by atoms with van der Waals surface area (Å²) in [5.74, 6) is -1.45. The normalized spacial score (nSPS) is 17.1. The zero-order chi connectivity index (χ0) is 13.5. The van der Waals surface area contributed by atoms with Crippen LogP contribution in [0, 0.1) is 12.7 Å². The molecular weight excluding hydrogens is 303 g/mol. The van der Waals surface area contributed by atoms with Crippen molar-refractivity contribution in [1.29, 1.82) is 0 Å². The maximum absolute atomic E-state index is 14.4. The Kier molecular flexibility index (Phi) is 3.36. The van der Waals surface area contributed by atoms with Gasteiger partial charge in [-0.05, 0) is 41.3 Å². The predicted molar refractivity (Wildman–Crippen MR) is 68.6 cm³/mol. The van der Waals surface area contributed by atoms with E-state index in [1.165, 1.54) is 7.11 Å². The topological polar surface area (TPSA) is 46.5 Å². The molecule has 1 aromatic rings. The molecule has 1 N–H and O–H groups in total. The summed E-state index contributed by atoms with van der Waals surface area (Å²) < 4.78 is 19.9. The van der Waals surface area contributed by atoms with Crippen molar-refractivity contribution in [2.75, 3.05) is 7.11 Å². The number of carboxylic acid groups (broad SMARTS) is 1. The van der Waals surface area contributed by atoms with Crippen LogP contribution in [-0.4, -0.2) is 18.2 Å². The second-order valence-electron chi connectivity index (χ2n) is 4.64. The lowest BCUT2D eigenvalue weighted by Gasteiger charge is -2.38. The van der Waals surface area contributed by atoms with Crippen LogP contribution < -0.4 is 4.74 Å². The first-order chi connectivity index (χ1) is 8.44. The summed E-state index contributed by atoms with van der Waals surface area (Å²) in [5.41, 5.74) is -0.0717. The van der Waals surface area contributed by atoms with Gasteiger partial charge < -0.3 is 9.84 Å². The summed E-state index contributed by atoms with van der Waals surface area (Å²) in [7, 11) is 1.38. The molecule has 98 valence electrons. The lowest BCUT2D eigenvalue weighted by molar-refractivity contribution is -0.147. The van der Waals surface area contributed by atoms with E-state index < -0.39 is 17.2 Å². The highest BCUT2D eigenvalue weighted by molar-refractivity contribution is 9.10. The molecule has 5 heteroatoms. The molecule has 0 bridgehead atoms. The van der Waals surface area contributed by atoms with Gasteiger partial charge in [-0.1, -0.05) is 12.5 Å². The molecule has 0 amide bonds. The molecule has 1 saturated carbocycles. The Balaban J connectivity index is 2.65. The third kappa shape index (κ3) is 1.72. The number of hydrogen-bond donors (Lipinski definition) is 1. The number of aryl methyl sites for hydroxylation is 1. The van der Waals surface area contributed by atoms with Crippen molar-refractivity contribution in [2.45, 2.75) is 31.6 Å². The van der Waals surface area contributed by atoms with Gasteiger partial charge >= 0.3 is 5.97 Å². The highest BCUT2D eigenvalue weighted by Gasteiger charge is 2.48. The van der Waals surface area contributed by atoms with E-state index >= 15 is 0 Å². The van der Waals surface area contributed by atoms with E-state index in [2.05, 4.69) is 15.9 Å². The third-order valence-corrected chi connectivity index (χ3v) is 4.66. The number of carboxylic acids is 1. The fraction of sp³-hybridized carbons (Fsp3) is 0.462. The molecule has 0 atom stereocenters. The van der Waals surface area contributed by atoms with E-state index in [0.29, 0.717) is 17.3 Å². The van der Waals surface area contributed by atoms with E-state index in [1.807, 2.05) is 0 Å². The molecule has 18 heavy (non-hydrogen) atoms. The van der Waals surface area contributed by atoms with Crippen molar-refractivity contribution in [3.05, 3.63) is 27.5 Å². The van der Waals surface area contributed by atoms with Crippen LogP contribution in [0.25, 0.3) is 0 Å². The van der Waals surface area contributed by atoms with Gasteiger partial charge in [0.1, 0.15) is 0 Å². The van der Waals surface area contributed by atoms with Crippen LogP contribution in [0.3, 0.4) is 0 Å². The summed E-state index contributed by atoms with van der Waals surface area (Å²) in [4.78, 5) is 11.4. The molecule has 2 rings (SSSR count). The summed E-state index contributed by atoms with van der Waals surface area (Å²) in [6, 6.07) is 1.61. The number of carbonyl (C=O) groups is 1. The maximum atomic E-state index is 14.4. The molecule has 0 heterocycles. The molecule has 0 spiro atoms. The second kappa shape index (κ2) is 4.53. The van der Waals surface area contributed by atoms with Gasteiger partial charge in [0.2, 0.25) is 0 Å². The Hall–Kier alpha value is -1.10. The molecule has 0 aromatic heterocycles. The monoisotopic (exact) mass is 316 g/mol. The highest BCUT2D eigenvalue weighted by Crippen LogP contribution is 2.48. The van der Waals surface area contributed by atoms with Gasteiger partial charge in [0.15, 0.2) is 11.6 Å². The molecule has 0 aliphatic heterocycles. The first-order valence-electron chi connectivity index (χ1n) is 5.70. The number of rotatable bonds is 3. The minimum absolute atomic E-state index is 0.0810. The Bertz CT molecular complexity index is 509. The number of benzene rings is 1. The van der Waals surface area contributed by atoms with Crippen molar-refractivity contribution in [2.24, 2.45) is 0 Å². The van der Waals surface area contributed by atoms with Crippen LogP contribution in [0.5, 0.6) is 5.75 Å².